The van der Waals surface area contributed by atoms with Crippen molar-refractivity contribution in [2.75, 3.05) is 61.4 Å². The summed E-state index contributed by atoms with van der Waals surface area (Å²) in [4.78, 5) is 14.9. The van der Waals surface area contributed by atoms with E-state index in [9.17, 15) is 4.79 Å². The molecule has 7 nitrogen and oxygen atoms in total. The Morgan fingerprint density at radius 3 is 2.38 bits per heavy atom. The van der Waals surface area contributed by atoms with E-state index in [0.29, 0.717) is 39.5 Å². The summed E-state index contributed by atoms with van der Waals surface area (Å²) < 4.78 is 103. The van der Waals surface area contributed by atoms with Gasteiger partial charge < -0.3 is 28.7 Å². The summed E-state index contributed by atoms with van der Waals surface area (Å²) >= 11 is 0. The maximum Gasteiger partial charge on any atom is 0.227 e. The molecule has 1 amide bonds. The highest BCUT2D eigenvalue weighted by Crippen LogP contribution is 2.42. The van der Waals surface area contributed by atoms with Crippen molar-refractivity contribution in [2.24, 2.45) is 0 Å². The SMILES string of the molecule is [2H]C([2H])([2H])Oc1cc2c(cc1OC)CC(=O)N(CCC([2H])([2H])N(C([2H])([2H])[2H])C([2H])([2H])C1Cc3cc(OC)c(OC)cc31)CC2. The number of methoxy groups -OCH3 is 4. The first-order valence-corrected chi connectivity index (χ1v) is 11.0. The van der Waals surface area contributed by atoms with E-state index in [4.69, 9.17) is 32.7 Å². The smallest absolute Gasteiger partial charge is 0.227 e. The van der Waals surface area contributed by atoms with Gasteiger partial charge in [0.15, 0.2) is 23.0 Å². The zero-order valence-electron chi connectivity index (χ0n) is 29.6. The molecule has 0 radical (unpaired) electrons. The Kier molecular flexibility index (Phi) is 4.49. The fraction of sp³-hybridized carbons (Fsp3) is 0.519. The molecule has 7 heteroatoms. The van der Waals surface area contributed by atoms with Crippen LogP contribution in [0.4, 0.5) is 0 Å². The Bertz CT molecular complexity index is 1400. The number of carbonyl (C=O) groups is 1. The largest absolute Gasteiger partial charge is 0.493 e. The summed E-state index contributed by atoms with van der Waals surface area (Å²) in [5.41, 5.74) is 2.53. The predicted molar refractivity (Wildman–Crippen MR) is 132 cm³/mol. The number of nitrogens with zero attached hydrogens (tertiary/aromatic N) is 2. The molecule has 1 unspecified atom stereocenters. The highest BCUT2D eigenvalue weighted by molar-refractivity contribution is 5.80. The van der Waals surface area contributed by atoms with Gasteiger partial charge in [-0.1, -0.05) is 0 Å². The van der Waals surface area contributed by atoms with Crippen molar-refractivity contribution in [3.05, 3.63) is 46.5 Å². The third-order valence-electron chi connectivity index (χ3n) is 6.32. The number of amides is 1. The first kappa shape index (κ1) is 14.5. The minimum atomic E-state index is -3.14. The van der Waals surface area contributed by atoms with Crippen LogP contribution in [0.15, 0.2) is 24.3 Å². The van der Waals surface area contributed by atoms with Crippen molar-refractivity contribution >= 4 is 5.91 Å². The van der Waals surface area contributed by atoms with Crippen LogP contribution >= 0.6 is 0 Å². The molecule has 1 aliphatic carbocycles. The Morgan fingerprint density at radius 1 is 1.00 bits per heavy atom. The Labute approximate surface area is 216 Å². The van der Waals surface area contributed by atoms with Crippen molar-refractivity contribution in [2.45, 2.75) is 31.6 Å². The zero-order chi connectivity index (χ0) is 32.8. The number of hydrogen-bond donors (Lipinski definition) is 0. The molecule has 2 aromatic carbocycles. The second kappa shape index (κ2) is 10.6. The second-order valence-corrected chi connectivity index (χ2v) is 8.22. The molecule has 0 spiro atoms. The molecule has 4 rings (SSSR count). The van der Waals surface area contributed by atoms with Crippen LogP contribution < -0.4 is 18.9 Å². The highest BCUT2D eigenvalue weighted by Gasteiger charge is 2.29. The standard InChI is InChI=1S/C27H36N2O5/c1-28(17-21-11-20-14-25(33-4)26(34-5)16-22(20)21)8-6-9-29-10-7-18-12-23(31-2)24(32-3)13-19(18)15-27(29)30/h12-14,16,21H,6-11,15,17H2,1-5H3/i1D3,2D3,8D2,17D2. The minimum absolute atomic E-state index is 0.00710. The first-order valence-electron chi connectivity index (χ1n) is 16.0. The number of rotatable bonds is 10. The quantitative estimate of drug-likeness (QED) is 0.522. The third kappa shape index (κ3) is 4.94. The Balaban J connectivity index is 1.54. The Hall–Kier alpha value is -2.93. The van der Waals surface area contributed by atoms with Crippen molar-refractivity contribution in [1.29, 1.82) is 0 Å². The van der Waals surface area contributed by atoms with E-state index in [-0.39, 0.29) is 43.3 Å². The van der Waals surface area contributed by atoms with Crippen LogP contribution in [0, 0.1) is 0 Å². The monoisotopic (exact) mass is 478 g/mol. The van der Waals surface area contributed by atoms with Crippen molar-refractivity contribution < 1.29 is 37.4 Å². The molecular formula is C27H36N2O5. The van der Waals surface area contributed by atoms with Gasteiger partial charge in [-0.2, -0.15) is 0 Å². The molecule has 2 aliphatic rings. The number of fused-ring (bicyclic) bond motifs is 2. The molecular weight excluding hydrogens is 432 g/mol. The van der Waals surface area contributed by atoms with Crippen molar-refractivity contribution in [1.82, 2.24) is 9.80 Å². The van der Waals surface area contributed by atoms with Crippen LogP contribution in [0.3, 0.4) is 0 Å². The molecule has 0 N–H and O–H groups in total. The van der Waals surface area contributed by atoms with Gasteiger partial charge in [-0.25, -0.2) is 0 Å². The third-order valence-corrected chi connectivity index (χ3v) is 6.32. The van der Waals surface area contributed by atoms with Gasteiger partial charge in [-0.05, 0) is 79.3 Å². The van der Waals surface area contributed by atoms with E-state index in [1.54, 1.807) is 18.2 Å². The molecule has 0 saturated heterocycles. The predicted octanol–water partition coefficient (Wildman–Crippen LogP) is 3.31. The maximum absolute atomic E-state index is 13.2. The summed E-state index contributed by atoms with van der Waals surface area (Å²) in [6, 6.07) is 6.35. The molecule has 0 aromatic heterocycles. The van der Waals surface area contributed by atoms with E-state index in [2.05, 4.69) is 0 Å². The average Bonchev–Trinajstić information content (AvgIpc) is 3.02. The van der Waals surface area contributed by atoms with Crippen LogP contribution in [-0.2, 0) is 24.1 Å². The number of hydrogen-bond acceptors (Lipinski definition) is 6. The van der Waals surface area contributed by atoms with Crippen LogP contribution in [0.2, 0.25) is 0 Å². The Morgan fingerprint density at radius 2 is 1.68 bits per heavy atom. The van der Waals surface area contributed by atoms with Crippen molar-refractivity contribution in [3.8, 4) is 23.0 Å². The highest BCUT2D eigenvalue weighted by atomic mass is 16.5. The minimum Gasteiger partial charge on any atom is -0.493 e. The lowest BCUT2D eigenvalue weighted by atomic mass is 9.77. The van der Waals surface area contributed by atoms with E-state index in [1.165, 1.54) is 32.3 Å². The van der Waals surface area contributed by atoms with Gasteiger partial charge in [0.2, 0.25) is 5.91 Å². The zero-order valence-corrected chi connectivity index (χ0v) is 19.6. The molecule has 0 saturated carbocycles. The molecule has 34 heavy (non-hydrogen) atoms. The average molecular weight is 479 g/mol. The molecule has 2 aromatic rings. The van der Waals surface area contributed by atoms with Gasteiger partial charge in [0.25, 0.3) is 0 Å². The van der Waals surface area contributed by atoms with Gasteiger partial charge in [0.05, 0.1) is 38.9 Å². The lowest BCUT2D eigenvalue weighted by Crippen LogP contribution is -2.36. The fourth-order valence-corrected chi connectivity index (χ4v) is 4.42. The molecule has 0 bridgehead atoms. The van der Waals surface area contributed by atoms with E-state index < -0.39 is 39.3 Å². The lowest BCUT2D eigenvalue weighted by Gasteiger charge is -2.34. The van der Waals surface area contributed by atoms with Gasteiger partial charge in [-0.15, -0.1) is 0 Å². The van der Waals surface area contributed by atoms with E-state index >= 15 is 0 Å². The van der Waals surface area contributed by atoms with E-state index in [1.807, 2.05) is 0 Å². The number of ether oxygens (including phenoxy) is 4. The normalized spacial score (nSPS) is 22.9. The summed E-state index contributed by atoms with van der Waals surface area (Å²) in [6.45, 7) is -8.47. The van der Waals surface area contributed by atoms with Gasteiger partial charge in [0.1, 0.15) is 0 Å². The van der Waals surface area contributed by atoms with Crippen LogP contribution in [0.1, 0.15) is 48.3 Å². The lowest BCUT2D eigenvalue weighted by molar-refractivity contribution is -0.130. The maximum atomic E-state index is 13.2. The van der Waals surface area contributed by atoms with E-state index in [0.717, 1.165) is 5.56 Å². The summed E-state index contributed by atoms with van der Waals surface area (Å²) in [6.07, 6.45) is -0.0729. The van der Waals surface area contributed by atoms with Crippen molar-refractivity contribution in [3.63, 3.8) is 0 Å². The number of benzene rings is 2. The molecule has 0 fully saturated rings. The van der Waals surface area contributed by atoms with Gasteiger partial charge >= 0.3 is 0 Å². The summed E-state index contributed by atoms with van der Waals surface area (Å²) in [7, 11) is 1.55. The number of carbonyl (C=O) groups excluding carboxylic acids is 1. The summed E-state index contributed by atoms with van der Waals surface area (Å²) in [5, 5.41) is 0. The summed E-state index contributed by atoms with van der Waals surface area (Å²) in [5.74, 6) is -0.330. The molecule has 184 valence electrons. The molecule has 1 aliphatic heterocycles. The second-order valence-electron chi connectivity index (χ2n) is 8.22. The van der Waals surface area contributed by atoms with Crippen LogP contribution in [-0.4, -0.2) is 77.1 Å². The van der Waals surface area contributed by atoms with Crippen LogP contribution in [0.25, 0.3) is 0 Å². The fourth-order valence-electron chi connectivity index (χ4n) is 4.42. The van der Waals surface area contributed by atoms with Gasteiger partial charge in [-0.3, -0.25) is 4.79 Å². The molecule has 1 atom stereocenters. The van der Waals surface area contributed by atoms with Crippen LogP contribution in [0.5, 0.6) is 23.0 Å². The first-order chi connectivity index (χ1) is 20.3. The van der Waals surface area contributed by atoms with Gasteiger partial charge in [0, 0.05) is 35.1 Å². The molecule has 1 heterocycles. The number of likely N-dealkylation sites (N-methyl/N-ethyl adjacent to an activating group) is 1. The topological polar surface area (TPSA) is 60.5 Å².